The first-order valence-electron chi connectivity index (χ1n) is 4.77. The maximum Gasteiger partial charge on any atom is 0.320 e. The first-order chi connectivity index (χ1) is 6.74. The minimum Gasteiger partial charge on any atom is -0.468 e. The predicted octanol–water partition coefficient (Wildman–Crippen LogP) is 0.691. The van der Waals surface area contributed by atoms with Crippen LogP contribution in [0.3, 0.4) is 0 Å². The molecule has 0 amide bonds. The van der Waals surface area contributed by atoms with Gasteiger partial charge in [-0.2, -0.15) is 0 Å². The summed E-state index contributed by atoms with van der Waals surface area (Å²) in [7, 11) is 1.39. The van der Waals surface area contributed by atoms with Crippen molar-refractivity contribution in [2.75, 3.05) is 26.9 Å². The van der Waals surface area contributed by atoms with Gasteiger partial charge in [-0.05, 0) is 12.8 Å². The van der Waals surface area contributed by atoms with Crippen LogP contribution in [0.5, 0.6) is 0 Å². The lowest BCUT2D eigenvalue weighted by Crippen LogP contribution is -2.40. The van der Waals surface area contributed by atoms with Crippen LogP contribution in [0.25, 0.3) is 0 Å². The van der Waals surface area contributed by atoms with Gasteiger partial charge >= 0.3 is 5.97 Å². The molecule has 0 radical (unpaired) electrons. The fraction of sp³-hybridized carbons (Fsp3) is 0.889. The molecule has 1 rings (SSSR count). The molecular weight excluding hydrogens is 250 g/mol. The summed E-state index contributed by atoms with van der Waals surface area (Å²) >= 11 is 3.26. The quantitative estimate of drug-likeness (QED) is 0.601. The third-order valence-corrected chi connectivity index (χ3v) is 2.96. The minimum absolute atomic E-state index is 0.232. The van der Waals surface area contributed by atoms with Crippen LogP contribution in [0.2, 0.25) is 0 Å². The molecular formula is C9H16BrNO3. The third-order valence-electron chi connectivity index (χ3n) is 2.26. The number of rotatable bonds is 4. The maximum atomic E-state index is 11.1. The molecule has 4 nitrogen and oxygen atoms in total. The lowest BCUT2D eigenvalue weighted by Gasteiger charge is -2.23. The molecule has 0 aromatic heterocycles. The monoisotopic (exact) mass is 265 g/mol. The summed E-state index contributed by atoms with van der Waals surface area (Å²) in [5.74, 6) is -0.232. The molecule has 1 N–H and O–H groups in total. The third kappa shape index (κ3) is 3.94. The topological polar surface area (TPSA) is 47.6 Å². The summed E-state index contributed by atoms with van der Waals surface area (Å²) in [6.07, 6.45) is 2.03. The van der Waals surface area contributed by atoms with Crippen molar-refractivity contribution in [3.63, 3.8) is 0 Å². The van der Waals surface area contributed by atoms with Crippen molar-refractivity contribution in [3.8, 4) is 0 Å². The van der Waals surface area contributed by atoms with E-state index in [1.54, 1.807) is 0 Å². The van der Waals surface area contributed by atoms with Gasteiger partial charge in [0.25, 0.3) is 0 Å². The van der Waals surface area contributed by atoms with Crippen molar-refractivity contribution in [1.29, 1.82) is 0 Å². The molecule has 0 aromatic carbocycles. The Labute approximate surface area is 92.5 Å². The van der Waals surface area contributed by atoms with Gasteiger partial charge in [-0.1, -0.05) is 15.9 Å². The number of esters is 1. The molecule has 1 saturated heterocycles. The second-order valence-corrected chi connectivity index (χ2v) is 4.39. The van der Waals surface area contributed by atoms with Crippen LogP contribution in [-0.2, 0) is 14.3 Å². The molecule has 1 aliphatic heterocycles. The van der Waals surface area contributed by atoms with E-state index in [-0.39, 0.29) is 10.8 Å². The minimum atomic E-state index is -0.254. The normalized spacial score (nSPS) is 20.4. The van der Waals surface area contributed by atoms with Gasteiger partial charge in [0.1, 0.15) is 4.83 Å². The van der Waals surface area contributed by atoms with Crippen molar-refractivity contribution in [1.82, 2.24) is 5.32 Å². The molecule has 0 aliphatic carbocycles. The Balaban J connectivity index is 2.15. The van der Waals surface area contributed by atoms with Crippen LogP contribution in [0.15, 0.2) is 0 Å². The highest BCUT2D eigenvalue weighted by molar-refractivity contribution is 9.10. The molecule has 1 fully saturated rings. The number of hydrogen-bond acceptors (Lipinski definition) is 4. The van der Waals surface area contributed by atoms with Gasteiger partial charge in [-0.15, -0.1) is 0 Å². The fourth-order valence-electron chi connectivity index (χ4n) is 1.38. The smallest absolute Gasteiger partial charge is 0.320 e. The molecule has 1 unspecified atom stereocenters. The van der Waals surface area contributed by atoms with Crippen molar-refractivity contribution in [3.05, 3.63) is 0 Å². The summed E-state index contributed by atoms with van der Waals surface area (Å²) < 4.78 is 9.83. The van der Waals surface area contributed by atoms with E-state index < -0.39 is 0 Å². The molecule has 14 heavy (non-hydrogen) atoms. The summed E-state index contributed by atoms with van der Waals surface area (Å²) in [6.45, 7) is 2.23. The van der Waals surface area contributed by atoms with Gasteiger partial charge in [0, 0.05) is 25.8 Å². The summed E-state index contributed by atoms with van der Waals surface area (Å²) in [5, 5.41) is 3.31. The number of carbonyl (C=O) groups excluding carboxylic acids is 1. The number of hydrogen-bond donors (Lipinski definition) is 1. The highest BCUT2D eigenvalue weighted by Crippen LogP contribution is 2.07. The van der Waals surface area contributed by atoms with Crippen molar-refractivity contribution in [2.45, 2.75) is 23.7 Å². The largest absolute Gasteiger partial charge is 0.468 e. The average Bonchev–Trinajstić information content (AvgIpc) is 2.26. The Kier molecular flexibility index (Phi) is 5.44. The predicted molar refractivity (Wildman–Crippen MR) is 56.6 cm³/mol. The highest BCUT2D eigenvalue weighted by Gasteiger charge is 2.18. The SMILES string of the molecule is COC(=O)C(Br)CNC1CCOCC1. The van der Waals surface area contributed by atoms with Crippen LogP contribution in [0.4, 0.5) is 0 Å². The number of nitrogens with one attached hydrogen (secondary N) is 1. The Morgan fingerprint density at radius 1 is 1.64 bits per heavy atom. The van der Waals surface area contributed by atoms with E-state index >= 15 is 0 Å². The van der Waals surface area contributed by atoms with Crippen LogP contribution < -0.4 is 5.32 Å². The lowest BCUT2D eigenvalue weighted by atomic mass is 10.1. The van der Waals surface area contributed by atoms with Crippen LogP contribution in [0.1, 0.15) is 12.8 Å². The molecule has 0 bridgehead atoms. The number of carbonyl (C=O) groups is 1. The Morgan fingerprint density at radius 2 is 2.29 bits per heavy atom. The molecule has 1 atom stereocenters. The zero-order chi connectivity index (χ0) is 10.4. The van der Waals surface area contributed by atoms with Crippen molar-refractivity contribution in [2.24, 2.45) is 0 Å². The van der Waals surface area contributed by atoms with Gasteiger partial charge in [0.05, 0.1) is 7.11 Å². The van der Waals surface area contributed by atoms with E-state index in [9.17, 15) is 4.79 Å². The number of alkyl halides is 1. The first kappa shape index (κ1) is 11.9. The highest BCUT2D eigenvalue weighted by atomic mass is 79.9. The molecule has 0 spiro atoms. The fourth-order valence-corrected chi connectivity index (χ4v) is 1.76. The number of halogens is 1. The molecule has 1 heterocycles. The second-order valence-electron chi connectivity index (χ2n) is 3.29. The number of methoxy groups -OCH3 is 1. The van der Waals surface area contributed by atoms with Crippen molar-refractivity contribution < 1.29 is 14.3 Å². The Hall–Kier alpha value is -0.130. The summed E-state index contributed by atoms with van der Waals surface area (Å²) in [6, 6.07) is 0.466. The van der Waals surface area contributed by atoms with Gasteiger partial charge in [-0.3, -0.25) is 4.79 Å². The van der Waals surface area contributed by atoms with Crippen LogP contribution in [-0.4, -0.2) is 43.7 Å². The van der Waals surface area contributed by atoms with Crippen LogP contribution in [0, 0.1) is 0 Å². The van der Waals surface area contributed by atoms with E-state index in [1.165, 1.54) is 7.11 Å². The summed E-state index contributed by atoms with van der Waals surface area (Å²) in [5.41, 5.74) is 0. The lowest BCUT2D eigenvalue weighted by molar-refractivity contribution is -0.139. The molecule has 82 valence electrons. The zero-order valence-corrected chi connectivity index (χ0v) is 9.88. The average molecular weight is 266 g/mol. The Bertz CT molecular complexity index is 183. The molecule has 5 heteroatoms. The van der Waals surface area contributed by atoms with Gasteiger partial charge in [0.2, 0.25) is 0 Å². The number of ether oxygens (including phenoxy) is 2. The molecule has 1 aliphatic rings. The van der Waals surface area contributed by atoms with Crippen molar-refractivity contribution >= 4 is 21.9 Å². The van der Waals surface area contributed by atoms with Crippen LogP contribution >= 0.6 is 15.9 Å². The van der Waals surface area contributed by atoms with E-state index in [0.717, 1.165) is 26.1 Å². The van der Waals surface area contributed by atoms with E-state index in [1.807, 2.05) is 0 Å². The van der Waals surface area contributed by atoms with E-state index in [0.29, 0.717) is 12.6 Å². The van der Waals surface area contributed by atoms with Gasteiger partial charge in [0.15, 0.2) is 0 Å². The Morgan fingerprint density at radius 3 is 2.86 bits per heavy atom. The van der Waals surface area contributed by atoms with E-state index in [2.05, 4.69) is 26.0 Å². The van der Waals surface area contributed by atoms with Gasteiger partial charge < -0.3 is 14.8 Å². The van der Waals surface area contributed by atoms with Gasteiger partial charge in [-0.25, -0.2) is 0 Å². The standard InChI is InChI=1S/C9H16BrNO3/c1-13-9(12)8(10)6-11-7-2-4-14-5-3-7/h7-8,11H,2-6H2,1H3. The first-order valence-corrected chi connectivity index (χ1v) is 5.68. The van der Waals surface area contributed by atoms with E-state index in [4.69, 9.17) is 4.74 Å². The maximum absolute atomic E-state index is 11.1. The molecule has 0 saturated carbocycles. The zero-order valence-electron chi connectivity index (χ0n) is 8.29. The second kappa shape index (κ2) is 6.37. The molecule has 0 aromatic rings. The summed E-state index contributed by atoms with van der Waals surface area (Å²) in [4.78, 5) is 10.8.